The van der Waals surface area contributed by atoms with Crippen LogP contribution in [0, 0.1) is 6.92 Å². The van der Waals surface area contributed by atoms with Gasteiger partial charge in [0.2, 0.25) is 0 Å². The van der Waals surface area contributed by atoms with E-state index in [9.17, 15) is 9.59 Å². The zero-order valence-corrected chi connectivity index (χ0v) is 20.4. The van der Waals surface area contributed by atoms with Gasteiger partial charge in [-0.15, -0.1) is 0 Å². The summed E-state index contributed by atoms with van der Waals surface area (Å²) in [6, 6.07) is 14.7. The highest BCUT2D eigenvalue weighted by Gasteiger charge is 2.23. The molecule has 7 nitrogen and oxygen atoms in total. The molecule has 0 bridgehead atoms. The number of rotatable bonds is 11. The Hall–Kier alpha value is -3.23. The molecule has 0 saturated heterocycles. The van der Waals surface area contributed by atoms with Gasteiger partial charge in [0.05, 0.1) is 26.5 Å². The van der Waals surface area contributed by atoms with Crippen LogP contribution in [0.3, 0.4) is 0 Å². The second-order valence-electron chi connectivity index (χ2n) is 7.77. The van der Waals surface area contributed by atoms with Crippen LogP contribution >= 0.6 is 11.8 Å². The van der Waals surface area contributed by atoms with Gasteiger partial charge in [0, 0.05) is 11.8 Å². The van der Waals surface area contributed by atoms with Crippen LogP contribution in [0.2, 0.25) is 0 Å². The maximum Gasteiger partial charge on any atom is 0.328 e. The van der Waals surface area contributed by atoms with Crippen LogP contribution in [0.1, 0.15) is 33.5 Å². The number of nitrogens with zero attached hydrogens (tertiary/aromatic N) is 2. The van der Waals surface area contributed by atoms with Gasteiger partial charge < -0.3 is 14.8 Å². The minimum absolute atomic E-state index is 0.315. The summed E-state index contributed by atoms with van der Waals surface area (Å²) in [7, 11) is 1.33. The number of carbonyl (C=O) groups excluding carboxylic acids is 2. The first-order valence-corrected chi connectivity index (χ1v) is 12.3. The van der Waals surface area contributed by atoms with Crippen molar-refractivity contribution in [1.82, 2.24) is 15.5 Å². The van der Waals surface area contributed by atoms with Crippen LogP contribution in [0.25, 0.3) is 11.1 Å². The number of nitrogens with one attached hydrogen (secondary N) is 1. The second-order valence-corrected chi connectivity index (χ2v) is 8.75. The quantitative estimate of drug-likeness (QED) is 0.412. The number of benzene rings is 2. The molecule has 178 valence electrons. The summed E-state index contributed by atoms with van der Waals surface area (Å²) in [4.78, 5) is 25.5. The maximum absolute atomic E-state index is 13.3. The molecule has 0 aliphatic carbocycles. The van der Waals surface area contributed by atoms with Crippen LogP contribution in [0.15, 0.2) is 60.9 Å². The Labute approximate surface area is 204 Å². The summed E-state index contributed by atoms with van der Waals surface area (Å²) in [5, 5.41) is 10.5. The van der Waals surface area contributed by atoms with E-state index < -0.39 is 12.0 Å². The van der Waals surface area contributed by atoms with Crippen LogP contribution in [-0.2, 0) is 27.5 Å². The summed E-state index contributed by atoms with van der Waals surface area (Å²) in [5.74, 6) is -0.0333. The van der Waals surface area contributed by atoms with Crippen LogP contribution in [0.5, 0.6) is 0 Å². The fraction of sp³-hybridized carbons (Fsp3) is 0.308. The zero-order chi connectivity index (χ0) is 24.3. The third-order valence-corrected chi connectivity index (χ3v) is 5.99. The summed E-state index contributed by atoms with van der Waals surface area (Å²) >= 11 is 1.61. The average Bonchev–Trinajstić information content (AvgIpc) is 2.86. The van der Waals surface area contributed by atoms with E-state index in [-0.39, 0.29) is 5.91 Å². The number of ether oxygens (including phenoxy) is 2. The minimum atomic E-state index is -0.702. The molecule has 0 aliphatic rings. The Morgan fingerprint density at radius 2 is 1.82 bits per heavy atom. The lowest BCUT2D eigenvalue weighted by atomic mass is 9.93. The van der Waals surface area contributed by atoms with E-state index in [0.717, 1.165) is 33.6 Å². The zero-order valence-electron chi connectivity index (χ0n) is 19.6. The van der Waals surface area contributed by atoms with Crippen LogP contribution in [0.4, 0.5) is 0 Å². The van der Waals surface area contributed by atoms with Gasteiger partial charge >= 0.3 is 5.97 Å². The van der Waals surface area contributed by atoms with E-state index >= 15 is 0 Å². The fourth-order valence-electron chi connectivity index (χ4n) is 3.53. The Morgan fingerprint density at radius 1 is 1.03 bits per heavy atom. The van der Waals surface area contributed by atoms with E-state index in [1.54, 1.807) is 30.2 Å². The van der Waals surface area contributed by atoms with Gasteiger partial charge in [-0.2, -0.15) is 22.0 Å². The van der Waals surface area contributed by atoms with E-state index in [1.165, 1.54) is 7.11 Å². The number of aryl methyl sites for hydroxylation is 1. The maximum atomic E-state index is 13.3. The summed E-state index contributed by atoms with van der Waals surface area (Å²) in [5.41, 5.74) is 5.15. The third-order valence-electron chi connectivity index (χ3n) is 5.35. The van der Waals surface area contributed by atoms with E-state index in [2.05, 4.69) is 15.5 Å². The Morgan fingerprint density at radius 3 is 2.53 bits per heavy atom. The molecule has 3 rings (SSSR count). The van der Waals surface area contributed by atoms with Gasteiger partial charge in [0.25, 0.3) is 5.91 Å². The number of amides is 1. The minimum Gasteiger partial charge on any atom is -0.467 e. The lowest BCUT2D eigenvalue weighted by Gasteiger charge is -2.19. The lowest BCUT2D eigenvalue weighted by Crippen LogP contribution is -2.42. The summed E-state index contributed by atoms with van der Waals surface area (Å²) in [6.07, 6.45) is 5.75. The molecule has 34 heavy (non-hydrogen) atoms. The number of aromatic nitrogens is 2. The van der Waals surface area contributed by atoms with Gasteiger partial charge in [0.15, 0.2) is 0 Å². The first-order chi connectivity index (χ1) is 16.5. The van der Waals surface area contributed by atoms with Crippen molar-refractivity contribution in [3.63, 3.8) is 0 Å². The average molecular weight is 480 g/mol. The van der Waals surface area contributed by atoms with E-state index in [0.29, 0.717) is 25.2 Å². The van der Waals surface area contributed by atoms with Gasteiger partial charge in [-0.1, -0.05) is 30.3 Å². The van der Waals surface area contributed by atoms with Crippen molar-refractivity contribution in [2.45, 2.75) is 32.6 Å². The van der Waals surface area contributed by atoms with Crippen molar-refractivity contribution in [3.8, 4) is 11.1 Å². The Bertz CT molecular complexity index is 1110. The predicted octanol–water partition coefficient (Wildman–Crippen LogP) is 4.19. The molecule has 1 heterocycles. The molecule has 1 atom stereocenters. The number of thioether (sulfide) groups is 1. The molecular formula is C26H29N3O4S. The normalized spacial score (nSPS) is 11.6. The Kier molecular flexibility index (Phi) is 9.61. The van der Waals surface area contributed by atoms with Crippen molar-refractivity contribution in [2.75, 3.05) is 19.1 Å². The lowest BCUT2D eigenvalue weighted by molar-refractivity contribution is -0.142. The number of hydrogen-bond acceptors (Lipinski definition) is 7. The molecule has 0 spiro atoms. The largest absolute Gasteiger partial charge is 0.467 e. The molecule has 8 heteroatoms. The van der Waals surface area contributed by atoms with Crippen molar-refractivity contribution < 1.29 is 19.1 Å². The summed E-state index contributed by atoms with van der Waals surface area (Å²) in [6.45, 7) is 2.79. The first-order valence-electron chi connectivity index (χ1n) is 10.9. The van der Waals surface area contributed by atoms with Crippen LogP contribution in [-0.4, -0.2) is 47.2 Å². The molecule has 0 saturated carbocycles. The number of carbonyl (C=O) groups is 2. The van der Waals surface area contributed by atoms with Crippen LogP contribution < -0.4 is 5.32 Å². The standard InChI is InChI=1S/C26H29N3O4S/c1-18-6-4-5-7-21(18)23-14-19(16-33-17-20-10-12-27-28-15-20)8-9-22(23)25(30)29-24(11-13-34-3)26(31)32-2/h4-10,12,14-15,24H,11,13,16-17H2,1-3H3,(H,29,30). The van der Waals surface area contributed by atoms with Gasteiger partial charge in [-0.25, -0.2) is 4.79 Å². The molecule has 1 N–H and O–H groups in total. The highest BCUT2D eigenvalue weighted by Crippen LogP contribution is 2.28. The third kappa shape index (κ3) is 6.88. The van der Waals surface area contributed by atoms with Crippen molar-refractivity contribution in [2.24, 2.45) is 0 Å². The molecule has 2 aromatic carbocycles. The monoisotopic (exact) mass is 479 g/mol. The fourth-order valence-corrected chi connectivity index (χ4v) is 4.00. The van der Waals surface area contributed by atoms with Gasteiger partial charge in [-0.05, 0) is 71.4 Å². The van der Waals surface area contributed by atoms with Crippen molar-refractivity contribution in [1.29, 1.82) is 0 Å². The van der Waals surface area contributed by atoms with Gasteiger partial charge in [-0.3, -0.25) is 4.79 Å². The molecule has 0 radical (unpaired) electrons. The van der Waals surface area contributed by atoms with Gasteiger partial charge in [0.1, 0.15) is 6.04 Å². The molecule has 3 aromatic rings. The molecule has 1 amide bonds. The number of hydrogen-bond donors (Lipinski definition) is 1. The van der Waals surface area contributed by atoms with Crippen molar-refractivity contribution >= 4 is 23.6 Å². The Balaban J connectivity index is 1.86. The second kappa shape index (κ2) is 12.9. The summed E-state index contributed by atoms with van der Waals surface area (Å²) < 4.78 is 10.7. The number of methoxy groups -OCH3 is 1. The molecule has 0 aliphatic heterocycles. The highest BCUT2D eigenvalue weighted by molar-refractivity contribution is 7.98. The molecular weight excluding hydrogens is 450 g/mol. The number of esters is 1. The molecule has 1 unspecified atom stereocenters. The highest BCUT2D eigenvalue weighted by atomic mass is 32.2. The van der Waals surface area contributed by atoms with Crippen molar-refractivity contribution in [3.05, 3.63) is 83.2 Å². The smallest absolute Gasteiger partial charge is 0.328 e. The topological polar surface area (TPSA) is 90.4 Å². The van der Waals surface area contributed by atoms with E-state index in [1.807, 2.05) is 55.6 Å². The van der Waals surface area contributed by atoms with E-state index in [4.69, 9.17) is 9.47 Å². The molecule has 1 aromatic heterocycles. The first kappa shape index (κ1) is 25.4. The molecule has 0 fully saturated rings. The SMILES string of the molecule is COC(=O)C(CCSC)NC(=O)c1ccc(COCc2ccnnc2)cc1-c1ccccc1C. The predicted molar refractivity (Wildman–Crippen MR) is 133 cm³/mol.